The first-order valence-corrected chi connectivity index (χ1v) is 3.89. The molecule has 0 bridgehead atoms. The SMILES string of the molecule is CNC(=O)c1cccc(F)c1NC. The Bertz CT molecular complexity index is 325. The van der Waals surface area contributed by atoms with Crippen molar-refractivity contribution in [1.82, 2.24) is 5.32 Å². The Balaban J connectivity index is 3.20. The number of benzene rings is 1. The van der Waals surface area contributed by atoms with E-state index in [0.29, 0.717) is 5.56 Å². The third-order valence-corrected chi connectivity index (χ3v) is 1.74. The number of nitrogens with one attached hydrogen (secondary N) is 2. The second kappa shape index (κ2) is 3.89. The van der Waals surface area contributed by atoms with Crippen LogP contribution in [0.15, 0.2) is 18.2 Å². The van der Waals surface area contributed by atoms with E-state index in [4.69, 9.17) is 0 Å². The van der Waals surface area contributed by atoms with Crippen molar-refractivity contribution in [3.8, 4) is 0 Å². The van der Waals surface area contributed by atoms with Crippen molar-refractivity contribution in [3.05, 3.63) is 29.6 Å². The number of hydrogen-bond acceptors (Lipinski definition) is 2. The molecule has 0 saturated carbocycles. The second-order valence-electron chi connectivity index (χ2n) is 2.49. The Morgan fingerprint density at radius 2 is 2.08 bits per heavy atom. The highest BCUT2D eigenvalue weighted by Crippen LogP contribution is 2.18. The van der Waals surface area contributed by atoms with E-state index < -0.39 is 5.82 Å². The van der Waals surface area contributed by atoms with Crippen LogP contribution in [-0.2, 0) is 0 Å². The monoisotopic (exact) mass is 182 g/mol. The molecular formula is C9H11FN2O. The largest absolute Gasteiger partial charge is 0.385 e. The van der Waals surface area contributed by atoms with Crippen LogP contribution in [0.3, 0.4) is 0 Å². The Morgan fingerprint density at radius 1 is 1.38 bits per heavy atom. The predicted octanol–water partition coefficient (Wildman–Crippen LogP) is 1.23. The maximum absolute atomic E-state index is 13.1. The number of carbonyl (C=O) groups excluding carboxylic acids is 1. The molecule has 4 heteroatoms. The molecule has 70 valence electrons. The summed E-state index contributed by atoms with van der Waals surface area (Å²) in [6, 6.07) is 4.37. The molecule has 0 unspecified atom stereocenters. The standard InChI is InChI=1S/C9H11FN2O/c1-11-8-6(9(13)12-2)4-3-5-7(8)10/h3-5,11H,1-2H3,(H,12,13). The van der Waals surface area contributed by atoms with E-state index in [1.54, 1.807) is 13.1 Å². The molecule has 1 amide bonds. The lowest BCUT2D eigenvalue weighted by atomic mass is 10.1. The van der Waals surface area contributed by atoms with Gasteiger partial charge in [0.15, 0.2) is 0 Å². The molecule has 1 aromatic carbocycles. The van der Waals surface area contributed by atoms with Crippen molar-refractivity contribution in [1.29, 1.82) is 0 Å². The van der Waals surface area contributed by atoms with E-state index in [2.05, 4.69) is 10.6 Å². The Morgan fingerprint density at radius 3 is 2.62 bits per heavy atom. The number of halogens is 1. The molecule has 1 rings (SSSR count). The first-order chi connectivity index (χ1) is 6.20. The van der Waals surface area contributed by atoms with Gasteiger partial charge in [0, 0.05) is 14.1 Å². The van der Waals surface area contributed by atoms with Crippen molar-refractivity contribution in [2.24, 2.45) is 0 Å². The molecule has 0 heterocycles. The van der Waals surface area contributed by atoms with Gasteiger partial charge >= 0.3 is 0 Å². The maximum Gasteiger partial charge on any atom is 0.253 e. The third-order valence-electron chi connectivity index (χ3n) is 1.74. The van der Waals surface area contributed by atoms with Gasteiger partial charge in [-0.05, 0) is 12.1 Å². The third kappa shape index (κ3) is 1.77. The quantitative estimate of drug-likeness (QED) is 0.722. The summed E-state index contributed by atoms with van der Waals surface area (Å²) >= 11 is 0. The van der Waals surface area contributed by atoms with Gasteiger partial charge in [0.25, 0.3) is 5.91 Å². The minimum Gasteiger partial charge on any atom is -0.385 e. The molecule has 0 fully saturated rings. The van der Waals surface area contributed by atoms with Crippen molar-refractivity contribution in [2.75, 3.05) is 19.4 Å². The fraction of sp³-hybridized carbons (Fsp3) is 0.222. The van der Waals surface area contributed by atoms with Crippen molar-refractivity contribution in [3.63, 3.8) is 0 Å². The van der Waals surface area contributed by atoms with Gasteiger partial charge in [-0.2, -0.15) is 0 Å². The lowest BCUT2D eigenvalue weighted by Gasteiger charge is -2.07. The molecule has 0 aliphatic rings. The van der Waals surface area contributed by atoms with Gasteiger partial charge in [-0.15, -0.1) is 0 Å². The van der Waals surface area contributed by atoms with E-state index in [9.17, 15) is 9.18 Å². The van der Waals surface area contributed by atoms with Crippen LogP contribution in [0.1, 0.15) is 10.4 Å². The van der Waals surface area contributed by atoms with E-state index in [1.807, 2.05) is 0 Å². The van der Waals surface area contributed by atoms with E-state index in [-0.39, 0.29) is 11.6 Å². The van der Waals surface area contributed by atoms with E-state index >= 15 is 0 Å². The molecule has 0 aromatic heterocycles. The van der Waals surface area contributed by atoms with E-state index in [0.717, 1.165) is 0 Å². The zero-order valence-electron chi connectivity index (χ0n) is 7.52. The van der Waals surface area contributed by atoms with Gasteiger partial charge in [-0.1, -0.05) is 6.07 Å². The molecule has 0 aliphatic heterocycles. The van der Waals surface area contributed by atoms with Gasteiger partial charge in [-0.3, -0.25) is 4.79 Å². The first kappa shape index (κ1) is 9.51. The predicted molar refractivity (Wildman–Crippen MR) is 49.3 cm³/mol. The molecule has 13 heavy (non-hydrogen) atoms. The summed E-state index contributed by atoms with van der Waals surface area (Å²) < 4.78 is 13.1. The first-order valence-electron chi connectivity index (χ1n) is 3.89. The zero-order chi connectivity index (χ0) is 9.84. The summed E-state index contributed by atoms with van der Waals surface area (Å²) in [6.07, 6.45) is 0. The fourth-order valence-corrected chi connectivity index (χ4v) is 1.10. The van der Waals surface area contributed by atoms with Crippen LogP contribution in [0.5, 0.6) is 0 Å². The molecule has 3 nitrogen and oxygen atoms in total. The lowest BCUT2D eigenvalue weighted by molar-refractivity contribution is 0.0963. The number of anilines is 1. The Kier molecular flexibility index (Phi) is 2.84. The van der Waals surface area contributed by atoms with Crippen LogP contribution in [0, 0.1) is 5.82 Å². The number of carbonyl (C=O) groups is 1. The number of rotatable bonds is 2. The second-order valence-corrected chi connectivity index (χ2v) is 2.49. The molecule has 0 spiro atoms. The highest BCUT2D eigenvalue weighted by molar-refractivity contribution is 5.99. The van der Waals surface area contributed by atoms with Crippen LogP contribution in [0.2, 0.25) is 0 Å². The van der Waals surface area contributed by atoms with Crippen molar-refractivity contribution >= 4 is 11.6 Å². The van der Waals surface area contributed by atoms with Crippen LogP contribution in [0.25, 0.3) is 0 Å². The van der Waals surface area contributed by atoms with Gasteiger partial charge in [0.05, 0.1) is 11.3 Å². The fourth-order valence-electron chi connectivity index (χ4n) is 1.10. The average molecular weight is 182 g/mol. The highest BCUT2D eigenvalue weighted by Gasteiger charge is 2.11. The summed E-state index contributed by atoms with van der Waals surface area (Å²) in [5.41, 5.74) is 0.534. The summed E-state index contributed by atoms with van der Waals surface area (Å²) in [5.74, 6) is -0.729. The van der Waals surface area contributed by atoms with Gasteiger partial charge in [0.1, 0.15) is 5.82 Å². The zero-order valence-corrected chi connectivity index (χ0v) is 7.52. The van der Waals surface area contributed by atoms with Crippen LogP contribution >= 0.6 is 0 Å². The molecule has 0 radical (unpaired) electrons. The van der Waals surface area contributed by atoms with Crippen LogP contribution < -0.4 is 10.6 Å². The molecule has 2 N–H and O–H groups in total. The topological polar surface area (TPSA) is 41.1 Å². The molecule has 0 saturated heterocycles. The molecule has 0 atom stereocenters. The summed E-state index contributed by atoms with van der Waals surface area (Å²) in [4.78, 5) is 11.2. The minimum absolute atomic E-state index is 0.224. The highest BCUT2D eigenvalue weighted by atomic mass is 19.1. The summed E-state index contributed by atoms with van der Waals surface area (Å²) in [6.45, 7) is 0. The van der Waals surface area contributed by atoms with Crippen molar-refractivity contribution in [2.45, 2.75) is 0 Å². The maximum atomic E-state index is 13.1. The number of amides is 1. The van der Waals surface area contributed by atoms with Crippen LogP contribution in [0.4, 0.5) is 10.1 Å². The number of hydrogen-bond donors (Lipinski definition) is 2. The molecular weight excluding hydrogens is 171 g/mol. The average Bonchev–Trinajstić information content (AvgIpc) is 2.16. The Labute approximate surface area is 76.0 Å². The summed E-state index contributed by atoms with van der Waals surface area (Å²) in [7, 11) is 3.08. The summed E-state index contributed by atoms with van der Waals surface area (Å²) in [5, 5.41) is 5.08. The normalized spacial score (nSPS) is 9.46. The smallest absolute Gasteiger partial charge is 0.253 e. The Hall–Kier alpha value is -1.58. The lowest BCUT2D eigenvalue weighted by Crippen LogP contribution is -2.19. The van der Waals surface area contributed by atoms with E-state index in [1.165, 1.54) is 19.2 Å². The number of para-hydroxylation sites is 1. The van der Waals surface area contributed by atoms with Gasteiger partial charge in [-0.25, -0.2) is 4.39 Å². The molecule has 0 aliphatic carbocycles. The minimum atomic E-state index is -0.427. The van der Waals surface area contributed by atoms with Gasteiger partial charge < -0.3 is 10.6 Å². The van der Waals surface area contributed by atoms with Crippen LogP contribution in [-0.4, -0.2) is 20.0 Å². The van der Waals surface area contributed by atoms with Crippen molar-refractivity contribution < 1.29 is 9.18 Å². The molecule has 1 aromatic rings. The van der Waals surface area contributed by atoms with Gasteiger partial charge in [0.2, 0.25) is 0 Å².